The molecule has 2 aliphatic rings. The molecule has 0 bridgehead atoms. The zero-order valence-electron chi connectivity index (χ0n) is 13.4. The fourth-order valence-electron chi connectivity index (χ4n) is 3.64. The van der Waals surface area contributed by atoms with Crippen LogP contribution in [0, 0.1) is 5.92 Å². The van der Waals surface area contributed by atoms with E-state index >= 15 is 0 Å². The summed E-state index contributed by atoms with van der Waals surface area (Å²) in [5, 5.41) is 3.56. The molecule has 0 aliphatic carbocycles. The normalized spacial score (nSPS) is 24.7. The highest BCUT2D eigenvalue weighted by atomic mass is 16.2. The van der Waals surface area contributed by atoms with Gasteiger partial charge in [-0.1, -0.05) is 26.0 Å². The lowest BCUT2D eigenvalue weighted by Gasteiger charge is -2.24. The Morgan fingerprint density at radius 1 is 1.43 bits per heavy atom. The van der Waals surface area contributed by atoms with E-state index in [0.717, 1.165) is 25.1 Å². The van der Waals surface area contributed by atoms with Gasteiger partial charge in [0.1, 0.15) is 0 Å². The lowest BCUT2D eigenvalue weighted by atomic mass is 10.0. The molecule has 21 heavy (non-hydrogen) atoms. The van der Waals surface area contributed by atoms with Crippen LogP contribution in [0.3, 0.4) is 0 Å². The Morgan fingerprint density at radius 2 is 2.24 bits per heavy atom. The molecule has 0 radical (unpaired) electrons. The summed E-state index contributed by atoms with van der Waals surface area (Å²) in [6, 6.07) is 7.60. The highest BCUT2D eigenvalue weighted by Gasteiger charge is 2.32. The maximum absolute atomic E-state index is 12.4. The number of hydrogen-bond acceptors (Lipinski definition) is 2. The average Bonchev–Trinajstić information content (AvgIpc) is 3.04. The first-order chi connectivity index (χ1) is 10.1. The Morgan fingerprint density at radius 3 is 2.90 bits per heavy atom. The second-order valence-corrected chi connectivity index (χ2v) is 6.88. The van der Waals surface area contributed by atoms with Crippen molar-refractivity contribution in [1.29, 1.82) is 0 Å². The predicted molar refractivity (Wildman–Crippen MR) is 86.7 cm³/mol. The molecule has 1 fully saturated rings. The van der Waals surface area contributed by atoms with Gasteiger partial charge in [0.25, 0.3) is 0 Å². The molecular weight excluding hydrogens is 260 g/mol. The molecule has 3 rings (SSSR count). The van der Waals surface area contributed by atoms with E-state index in [9.17, 15) is 4.79 Å². The molecule has 2 heterocycles. The number of hydrogen-bond donors (Lipinski definition) is 1. The Hall–Kier alpha value is -1.35. The van der Waals surface area contributed by atoms with Crippen LogP contribution in [-0.4, -0.2) is 24.5 Å². The Bertz CT molecular complexity index is 532. The molecule has 2 unspecified atom stereocenters. The van der Waals surface area contributed by atoms with Crippen molar-refractivity contribution in [3.63, 3.8) is 0 Å². The van der Waals surface area contributed by atoms with Crippen molar-refractivity contribution in [2.75, 3.05) is 11.4 Å². The third-order valence-corrected chi connectivity index (χ3v) is 4.74. The molecule has 114 valence electrons. The maximum Gasteiger partial charge on any atom is 0.229 e. The van der Waals surface area contributed by atoms with Crippen molar-refractivity contribution in [3.8, 4) is 0 Å². The minimum absolute atomic E-state index is 0.0563. The summed E-state index contributed by atoms with van der Waals surface area (Å²) in [6.07, 6.45) is 4.67. The van der Waals surface area contributed by atoms with Gasteiger partial charge in [-0.25, -0.2) is 0 Å². The topological polar surface area (TPSA) is 32.3 Å². The third-order valence-electron chi connectivity index (χ3n) is 4.74. The molecule has 3 heteroatoms. The molecule has 0 saturated carbocycles. The van der Waals surface area contributed by atoms with Crippen molar-refractivity contribution >= 4 is 11.6 Å². The van der Waals surface area contributed by atoms with Crippen molar-refractivity contribution < 1.29 is 4.79 Å². The first-order valence-corrected chi connectivity index (χ1v) is 8.24. The van der Waals surface area contributed by atoms with Gasteiger partial charge in [0.15, 0.2) is 0 Å². The average molecular weight is 286 g/mol. The van der Waals surface area contributed by atoms with Crippen LogP contribution in [0.2, 0.25) is 0 Å². The Balaban J connectivity index is 1.80. The number of benzene rings is 1. The zero-order valence-corrected chi connectivity index (χ0v) is 13.4. The van der Waals surface area contributed by atoms with Crippen LogP contribution in [0.5, 0.6) is 0 Å². The van der Waals surface area contributed by atoms with Gasteiger partial charge in [-0.15, -0.1) is 0 Å². The van der Waals surface area contributed by atoms with E-state index in [2.05, 4.69) is 30.4 Å². The molecule has 1 amide bonds. The van der Waals surface area contributed by atoms with Crippen LogP contribution < -0.4 is 10.2 Å². The van der Waals surface area contributed by atoms with Gasteiger partial charge < -0.3 is 10.2 Å². The standard InChI is InChI=1S/C18H26N2O/c1-12(2)18(21)20-13(3)9-15-10-14(6-7-17(15)20)11-16-5-4-8-19-16/h6-7,10,12-13,16,19H,4-5,8-9,11H2,1-3H3. The summed E-state index contributed by atoms with van der Waals surface area (Å²) in [7, 11) is 0. The van der Waals surface area contributed by atoms with Gasteiger partial charge >= 0.3 is 0 Å². The van der Waals surface area contributed by atoms with Gasteiger partial charge in [0.05, 0.1) is 0 Å². The molecular formula is C18H26N2O. The van der Waals surface area contributed by atoms with Crippen LogP contribution >= 0.6 is 0 Å². The smallest absolute Gasteiger partial charge is 0.229 e. The molecule has 1 aromatic carbocycles. The summed E-state index contributed by atoms with van der Waals surface area (Å²) in [5.74, 6) is 0.298. The van der Waals surface area contributed by atoms with Crippen LogP contribution in [0.4, 0.5) is 5.69 Å². The Kier molecular flexibility index (Phi) is 4.03. The van der Waals surface area contributed by atoms with E-state index in [1.165, 1.54) is 24.0 Å². The number of nitrogens with zero attached hydrogens (tertiary/aromatic N) is 1. The largest absolute Gasteiger partial charge is 0.314 e. The lowest BCUT2D eigenvalue weighted by Crippen LogP contribution is -2.38. The fourth-order valence-corrected chi connectivity index (χ4v) is 3.64. The van der Waals surface area contributed by atoms with Crippen molar-refractivity contribution in [2.45, 2.75) is 58.5 Å². The summed E-state index contributed by atoms with van der Waals surface area (Å²) in [6.45, 7) is 7.27. The lowest BCUT2D eigenvalue weighted by molar-refractivity contribution is -0.121. The number of anilines is 1. The van der Waals surface area contributed by atoms with E-state index in [-0.39, 0.29) is 17.9 Å². The van der Waals surface area contributed by atoms with Gasteiger partial charge in [-0.2, -0.15) is 0 Å². The molecule has 0 spiro atoms. The highest BCUT2D eigenvalue weighted by molar-refractivity contribution is 5.97. The van der Waals surface area contributed by atoms with E-state index in [1.807, 2.05) is 18.7 Å². The number of carbonyl (C=O) groups is 1. The van der Waals surface area contributed by atoms with Crippen LogP contribution in [0.1, 0.15) is 44.7 Å². The van der Waals surface area contributed by atoms with Crippen LogP contribution in [0.25, 0.3) is 0 Å². The molecule has 2 aliphatic heterocycles. The summed E-state index contributed by atoms with van der Waals surface area (Å²) < 4.78 is 0. The number of rotatable bonds is 3. The molecule has 2 atom stereocenters. The van der Waals surface area contributed by atoms with Crippen molar-refractivity contribution in [1.82, 2.24) is 5.32 Å². The van der Waals surface area contributed by atoms with E-state index in [1.54, 1.807) is 0 Å². The number of fused-ring (bicyclic) bond motifs is 1. The molecule has 3 nitrogen and oxygen atoms in total. The highest BCUT2D eigenvalue weighted by Crippen LogP contribution is 2.34. The van der Waals surface area contributed by atoms with Crippen LogP contribution in [-0.2, 0) is 17.6 Å². The maximum atomic E-state index is 12.4. The fraction of sp³-hybridized carbons (Fsp3) is 0.611. The first-order valence-electron chi connectivity index (χ1n) is 8.24. The molecule has 1 N–H and O–H groups in total. The second kappa shape index (κ2) is 5.80. The summed E-state index contributed by atoms with van der Waals surface area (Å²) in [5.41, 5.74) is 3.87. The van der Waals surface area contributed by atoms with Gasteiger partial charge in [-0.3, -0.25) is 4.79 Å². The first kappa shape index (κ1) is 14.6. The molecule has 1 saturated heterocycles. The predicted octanol–water partition coefficient (Wildman–Crippen LogP) is 2.91. The number of amides is 1. The number of carbonyl (C=O) groups excluding carboxylic acids is 1. The molecule has 1 aromatic rings. The molecule has 0 aromatic heterocycles. The van der Waals surface area contributed by atoms with Crippen LogP contribution in [0.15, 0.2) is 18.2 Å². The number of nitrogens with one attached hydrogen (secondary N) is 1. The second-order valence-electron chi connectivity index (χ2n) is 6.88. The minimum Gasteiger partial charge on any atom is -0.314 e. The summed E-state index contributed by atoms with van der Waals surface area (Å²) >= 11 is 0. The van der Waals surface area contributed by atoms with E-state index in [0.29, 0.717) is 6.04 Å². The minimum atomic E-state index is 0.0563. The monoisotopic (exact) mass is 286 g/mol. The van der Waals surface area contributed by atoms with Crippen molar-refractivity contribution in [3.05, 3.63) is 29.3 Å². The Labute approximate surface area is 127 Å². The third kappa shape index (κ3) is 2.84. The SMILES string of the molecule is CC(C)C(=O)N1c2ccc(CC3CCCN3)cc2CC1C. The van der Waals surface area contributed by atoms with E-state index < -0.39 is 0 Å². The van der Waals surface area contributed by atoms with E-state index in [4.69, 9.17) is 0 Å². The quantitative estimate of drug-likeness (QED) is 0.926. The van der Waals surface area contributed by atoms with Gasteiger partial charge in [0, 0.05) is 23.7 Å². The summed E-state index contributed by atoms with van der Waals surface area (Å²) in [4.78, 5) is 14.4. The van der Waals surface area contributed by atoms with Gasteiger partial charge in [-0.05, 0) is 56.3 Å². The zero-order chi connectivity index (χ0) is 15.0. The van der Waals surface area contributed by atoms with Crippen molar-refractivity contribution in [2.24, 2.45) is 5.92 Å². The van der Waals surface area contributed by atoms with Gasteiger partial charge in [0.2, 0.25) is 5.91 Å².